The van der Waals surface area contributed by atoms with Gasteiger partial charge < -0.3 is 4.74 Å². The van der Waals surface area contributed by atoms with Gasteiger partial charge in [0.05, 0.1) is 6.10 Å². The van der Waals surface area contributed by atoms with Gasteiger partial charge in [-0.05, 0) is 25.4 Å². The van der Waals surface area contributed by atoms with E-state index >= 15 is 0 Å². The zero-order chi connectivity index (χ0) is 9.84. The van der Waals surface area contributed by atoms with Crippen molar-refractivity contribution in [3.63, 3.8) is 0 Å². The average molecular weight is 176 g/mol. The second-order valence-electron chi connectivity index (χ2n) is 3.31. The van der Waals surface area contributed by atoms with Crippen molar-refractivity contribution in [3.05, 3.63) is 23.8 Å². The maximum absolute atomic E-state index is 10.5. The van der Waals surface area contributed by atoms with Crippen LogP contribution in [0.3, 0.4) is 0 Å². The summed E-state index contributed by atoms with van der Waals surface area (Å²) in [5.41, 5.74) is 1.71. The molecule has 0 atom stereocenters. The second-order valence-corrected chi connectivity index (χ2v) is 3.31. The van der Waals surface area contributed by atoms with Crippen LogP contribution >= 0.6 is 0 Å². The van der Waals surface area contributed by atoms with E-state index in [4.69, 9.17) is 4.74 Å². The van der Waals surface area contributed by atoms with Crippen LogP contribution in [0.15, 0.2) is 18.2 Å². The molecule has 0 bridgehead atoms. The fourth-order valence-electron chi connectivity index (χ4n) is 1.07. The molecule has 0 aliphatic carbocycles. The van der Waals surface area contributed by atoms with Crippen molar-refractivity contribution in [1.29, 1.82) is 0 Å². The third-order valence-electron chi connectivity index (χ3n) is 1.71. The summed E-state index contributed by atoms with van der Waals surface area (Å²) in [4.78, 5) is 10.5. The van der Waals surface area contributed by atoms with Crippen molar-refractivity contribution in [1.82, 2.24) is 0 Å². The number of hydrogen-bond donors (Lipinski definition) is 0. The van der Waals surface area contributed by atoms with E-state index < -0.39 is 0 Å². The molecular weight excluding hydrogens is 163 g/mol. The predicted octanol–water partition coefficient (Wildman–Crippen LogP) is 0.545. The molecule has 1 aromatic carbocycles. The third kappa shape index (κ3) is 2.62. The summed E-state index contributed by atoms with van der Waals surface area (Å²) in [5.74, 6) is 0.791. The number of carbonyl (C=O) groups excluding carboxylic acids is 1. The van der Waals surface area contributed by atoms with E-state index in [1.54, 1.807) is 12.1 Å². The smallest absolute Gasteiger partial charge is 0.150 e. The minimum atomic E-state index is 0.139. The Bertz CT molecular complexity index is 308. The fourth-order valence-corrected chi connectivity index (χ4v) is 1.07. The number of aldehydes is 1. The molecule has 0 aromatic heterocycles. The molecule has 0 spiro atoms. The molecule has 0 aliphatic rings. The first-order chi connectivity index (χ1) is 6.13. The van der Waals surface area contributed by atoms with Gasteiger partial charge in [-0.2, -0.15) is 0 Å². The zero-order valence-electron chi connectivity index (χ0n) is 8.20. The molecule has 1 rings (SSSR count). The Morgan fingerprint density at radius 1 is 1.46 bits per heavy atom. The van der Waals surface area contributed by atoms with Gasteiger partial charge in [0.25, 0.3) is 0 Å². The van der Waals surface area contributed by atoms with Gasteiger partial charge >= 0.3 is 0 Å². The summed E-state index contributed by atoms with van der Waals surface area (Å²) in [7, 11) is 1.96. The summed E-state index contributed by atoms with van der Waals surface area (Å²) in [6.07, 6.45) is 0.965. The summed E-state index contributed by atoms with van der Waals surface area (Å²) in [6.45, 7) is 3.93. The Hall–Kier alpha value is -1.25. The number of benzene rings is 1. The van der Waals surface area contributed by atoms with Crippen LogP contribution in [0.4, 0.5) is 0 Å². The van der Waals surface area contributed by atoms with Crippen LogP contribution in [0.5, 0.6) is 5.75 Å². The highest BCUT2D eigenvalue weighted by Gasteiger charge is 2.02. The summed E-state index contributed by atoms with van der Waals surface area (Å²) < 4.78 is 5.53. The van der Waals surface area contributed by atoms with Crippen LogP contribution in [0, 0.1) is 0 Å². The maximum Gasteiger partial charge on any atom is 0.150 e. The first kappa shape index (κ1) is 9.84. The van der Waals surface area contributed by atoms with E-state index in [-0.39, 0.29) is 6.10 Å². The Kier molecular flexibility index (Phi) is 3.12. The van der Waals surface area contributed by atoms with Crippen molar-refractivity contribution in [3.8, 4) is 5.75 Å². The Morgan fingerprint density at radius 3 is 2.69 bits per heavy atom. The molecule has 0 unspecified atom stereocenters. The molecule has 3 heteroatoms. The van der Waals surface area contributed by atoms with E-state index in [2.05, 4.69) is 0 Å². The van der Waals surface area contributed by atoms with Crippen LogP contribution < -0.4 is 10.2 Å². The van der Waals surface area contributed by atoms with Crippen molar-refractivity contribution in [2.45, 2.75) is 20.0 Å². The molecule has 2 nitrogen and oxygen atoms in total. The molecular formula is C10H13BO2. The maximum atomic E-state index is 10.5. The van der Waals surface area contributed by atoms with Gasteiger partial charge in [-0.3, -0.25) is 4.79 Å². The highest BCUT2D eigenvalue weighted by molar-refractivity contribution is 6.34. The van der Waals surface area contributed by atoms with E-state index in [9.17, 15) is 4.79 Å². The van der Waals surface area contributed by atoms with Crippen molar-refractivity contribution < 1.29 is 9.53 Å². The molecule has 0 N–H and O–H groups in total. The van der Waals surface area contributed by atoms with Gasteiger partial charge in [0.2, 0.25) is 0 Å². The van der Waals surface area contributed by atoms with Crippen LogP contribution in [0.1, 0.15) is 24.2 Å². The second kappa shape index (κ2) is 4.12. The van der Waals surface area contributed by atoms with Gasteiger partial charge in [0.15, 0.2) is 0 Å². The van der Waals surface area contributed by atoms with Crippen molar-refractivity contribution in [2.24, 2.45) is 0 Å². The third-order valence-corrected chi connectivity index (χ3v) is 1.71. The highest BCUT2D eigenvalue weighted by atomic mass is 16.5. The van der Waals surface area contributed by atoms with Crippen LogP contribution in [-0.4, -0.2) is 20.2 Å². The molecule has 68 valence electrons. The van der Waals surface area contributed by atoms with Gasteiger partial charge in [-0.1, -0.05) is 12.1 Å². The standard InChI is InChI=1S/C10H13BO2/c1-7(2)13-10-5-8(6-12)3-4-9(10)11/h3-7H,11H2,1-2H3. The van der Waals surface area contributed by atoms with Gasteiger partial charge in [-0.15, -0.1) is 0 Å². The van der Waals surface area contributed by atoms with Crippen LogP contribution in [0.25, 0.3) is 0 Å². The largest absolute Gasteiger partial charge is 0.492 e. The fraction of sp³-hybridized carbons (Fsp3) is 0.300. The van der Waals surface area contributed by atoms with E-state index in [1.807, 2.05) is 27.8 Å². The zero-order valence-corrected chi connectivity index (χ0v) is 8.20. The molecule has 1 aromatic rings. The number of rotatable bonds is 3. The Balaban J connectivity index is 2.96. The van der Waals surface area contributed by atoms with Crippen molar-refractivity contribution >= 4 is 19.6 Å². The molecule has 0 saturated heterocycles. The number of ether oxygens (including phenoxy) is 1. The topological polar surface area (TPSA) is 26.3 Å². The Labute approximate surface area is 79.3 Å². The number of carbonyl (C=O) groups is 1. The molecule has 0 saturated carbocycles. The average Bonchev–Trinajstić information content (AvgIpc) is 2.08. The quantitative estimate of drug-likeness (QED) is 0.496. The molecule has 13 heavy (non-hydrogen) atoms. The molecule has 0 fully saturated rings. The lowest BCUT2D eigenvalue weighted by Crippen LogP contribution is -2.14. The monoisotopic (exact) mass is 176 g/mol. The molecule has 0 amide bonds. The SMILES string of the molecule is Bc1ccc(C=O)cc1OC(C)C. The van der Waals surface area contributed by atoms with Gasteiger partial charge in [0.1, 0.15) is 19.9 Å². The predicted molar refractivity (Wildman–Crippen MR) is 55.8 cm³/mol. The highest BCUT2D eigenvalue weighted by Crippen LogP contribution is 2.10. The summed E-state index contributed by atoms with van der Waals surface area (Å²) in [6, 6.07) is 5.44. The van der Waals surface area contributed by atoms with Gasteiger partial charge in [-0.25, -0.2) is 0 Å². The van der Waals surface area contributed by atoms with Crippen LogP contribution in [0.2, 0.25) is 0 Å². The van der Waals surface area contributed by atoms with E-state index in [1.165, 1.54) is 0 Å². The van der Waals surface area contributed by atoms with E-state index in [0.29, 0.717) is 5.56 Å². The minimum absolute atomic E-state index is 0.139. The van der Waals surface area contributed by atoms with Crippen LogP contribution in [-0.2, 0) is 0 Å². The Morgan fingerprint density at radius 2 is 2.15 bits per heavy atom. The van der Waals surface area contributed by atoms with Gasteiger partial charge in [0, 0.05) is 5.56 Å². The number of hydrogen-bond acceptors (Lipinski definition) is 2. The first-order valence-electron chi connectivity index (χ1n) is 4.36. The minimum Gasteiger partial charge on any atom is -0.492 e. The molecule has 0 radical (unpaired) electrons. The molecule has 0 aliphatic heterocycles. The normalized spacial score (nSPS) is 10.1. The lowest BCUT2D eigenvalue weighted by atomic mass is 9.94. The molecule has 0 heterocycles. The van der Waals surface area contributed by atoms with Crippen molar-refractivity contribution in [2.75, 3.05) is 0 Å². The van der Waals surface area contributed by atoms with E-state index in [0.717, 1.165) is 17.5 Å². The lowest BCUT2D eigenvalue weighted by Gasteiger charge is -2.12. The summed E-state index contributed by atoms with van der Waals surface area (Å²) >= 11 is 0. The summed E-state index contributed by atoms with van der Waals surface area (Å²) in [5, 5.41) is 0. The first-order valence-corrected chi connectivity index (χ1v) is 4.36. The lowest BCUT2D eigenvalue weighted by molar-refractivity contribution is 0.112.